The molecule has 0 unspecified atom stereocenters. The molecule has 0 radical (unpaired) electrons. The van der Waals surface area contributed by atoms with Crippen molar-refractivity contribution in [3.8, 4) is 0 Å². The molecule has 2 N–H and O–H groups in total. The topological polar surface area (TPSA) is 59.6 Å². The van der Waals surface area contributed by atoms with Crippen molar-refractivity contribution in [3.63, 3.8) is 0 Å². The summed E-state index contributed by atoms with van der Waals surface area (Å²) in [5.74, 6) is -0.592. The van der Waals surface area contributed by atoms with E-state index in [0.29, 0.717) is 19.3 Å². The van der Waals surface area contributed by atoms with E-state index in [0.717, 1.165) is 37.1 Å². The summed E-state index contributed by atoms with van der Waals surface area (Å²) >= 11 is 5.56. The summed E-state index contributed by atoms with van der Waals surface area (Å²) in [4.78, 5) is 11.5. The van der Waals surface area contributed by atoms with Crippen LogP contribution in [0.2, 0.25) is 0 Å². The third-order valence-corrected chi connectivity index (χ3v) is 4.49. The lowest BCUT2D eigenvalue weighted by Gasteiger charge is -2.36. The highest BCUT2D eigenvalue weighted by Crippen LogP contribution is 2.37. The maximum absolute atomic E-state index is 11.5. The monoisotopic (exact) mass is 324 g/mol. The summed E-state index contributed by atoms with van der Waals surface area (Å²) in [6.45, 7) is 1.40. The molecule has 1 aromatic rings. The van der Waals surface area contributed by atoms with Crippen LogP contribution in [0.15, 0.2) is 24.3 Å². The quantitative estimate of drug-likeness (QED) is 0.836. The van der Waals surface area contributed by atoms with Crippen LogP contribution in [0, 0.1) is 0 Å². The second kappa shape index (κ2) is 6.86. The van der Waals surface area contributed by atoms with E-state index < -0.39 is 0 Å². The molecule has 22 heavy (non-hydrogen) atoms. The molecule has 1 spiro atoms. The van der Waals surface area contributed by atoms with E-state index in [2.05, 4.69) is 10.6 Å². The number of hydrogen-bond donors (Lipinski definition) is 2. The van der Waals surface area contributed by atoms with E-state index in [1.54, 1.807) is 0 Å². The minimum absolute atomic E-state index is 0.0467. The average Bonchev–Trinajstić information content (AvgIpc) is 3.00. The molecule has 0 aromatic heterocycles. The minimum atomic E-state index is -0.343. The van der Waals surface area contributed by atoms with E-state index in [1.165, 1.54) is 0 Å². The first kappa shape index (κ1) is 15.6. The standard InChI is InChI=1S/C16H21ClN2O3/c17-11-15(20)19-14-4-2-1-3-13(14)18-12-5-7-16(8-6-12)21-9-10-22-16/h1-4,12,18H,5-11H2,(H,19,20). The largest absolute Gasteiger partial charge is 0.381 e. The maximum Gasteiger partial charge on any atom is 0.239 e. The molecule has 1 amide bonds. The zero-order valence-corrected chi connectivity index (χ0v) is 13.2. The van der Waals surface area contributed by atoms with Gasteiger partial charge in [0.05, 0.1) is 24.6 Å². The summed E-state index contributed by atoms with van der Waals surface area (Å²) in [5, 5.41) is 6.33. The molecule has 2 fully saturated rings. The van der Waals surface area contributed by atoms with Gasteiger partial charge in [-0.05, 0) is 25.0 Å². The number of nitrogens with one attached hydrogen (secondary N) is 2. The highest BCUT2D eigenvalue weighted by molar-refractivity contribution is 6.29. The molecule has 1 aliphatic heterocycles. The lowest BCUT2D eigenvalue weighted by atomic mass is 9.90. The number of amides is 1. The predicted molar refractivity (Wildman–Crippen MR) is 86.3 cm³/mol. The highest BCUT2D eigenvalue weighted by Gasteiger charge is 2.40. The van der Waals surface area contributed by atoms with Crippen LogP contribution in [0.1, 0.15) is 25.7 Å². The van der Waals surface area contributed by atoms with Crippen molar-refractivity contribution < 1.29 is 14.3 Å². The van der Waals surface area contributed by atoms with Gasteiger partial charge in [-0.1, -0.05) is 12.1 Å². The Morgan fingerprint density at radius 2 is 1.82 bits per heavy atom. The van der Waals surface area contributed by atoms with Crippen LogP contribution >= 0.6 is 11.6 Å². The number of carbonyl (C=O) groups is 1. The van der Waals surface area contributed by atoms with Crippen LogP contribution in [0.5, 0.6) is 0 Å². The molecular weight excluding hydrogens is 304 g/mol. The normalized spacial score (nSPS) is 21.0. The molecule has 120 valence electrons. The molecule has 0 atom stereocenters. The second-order valence-electron chi connectivity index (χ2n) is 5.75. The zero-order valence-electron chi connectivity index (χ0n) is 12.4. The van der Waals surface area contributed by atoms with Crippen LogP contribution in [0.4, 0.5) is 11.4 Å². The van der Waals surface area contributed by atoms with Gasteiger partial charge in [-0.25, -0.2) is 0 Å². The number of rotatable bonds is 4. The summed E-state index contributed by atoms with van der Waals surface area (Å²) in [5.41, 5.74) is 1.69. The molecule has 1 saturated carbocycles. The molecule has 6 heteroatoms. The number of anilines is 2. The average molecular weight is 325 g/mol. The van der Waals surface area contributed by atoms with Crippen LogP contribution < -0.4 is 10.6 Å². The molecule has 1 saturated heterocycles. The van der Waals surface area contributed by atoms with Gasteiger partial charge >= 0.3 is 0 Å². The van der Waals surface area contributed by atoms with E-state index in [9.17, 15) is 4.79 Å². The Hall–Kier alpha value is -1.30. The third-order valence-electron chi connectivity index (χ3n) is 4.24. The number of carbonyl (C=O) groups excluding carboxylic acids is 1. The Morgan fingerprint density at radius 3 is 2.45 bits per heavy atom. The second-order valence-corrected chi connectivity index (χ2v) is 6.02. The Kier molecular flexibility index (Phi) is 4.86. The lowest BCUT2D eigenvalue weighted by Crippen LogP contribution is -2.39. The van der Waals surface area contributed by atoms with Crippen molar-refractivity contribution in [2.45, 2.75) is 37.5 Å². The first-order valence-corrected chi connectivity index (χ1v) is 8.23. The van der Waals surface area contributed by atoms with E-state index >= 15 is 0 Å². The maximum atomic E-state index is 11.5. The van der Waals surface area contributed by atoms with E-state index in [-0.39, 0.29) is 17.6 Å². The number of hydrogen-bond acceptors (Lipinski definition) is 4. The first-order chi connectivity index (χ1) is 10.7. The summed E-state index contributed by atoms with van der Waals surface area (Å²) in [7, 11) is 0. The lowest BCUT2D eigenvalue weighted by molar-refractivity contribution is -0.177. The molecule has 0 bridgehead atoms. The SMILES string of the molecule is O=C(CCl)Nc1ccccc1NC1CCC2(CC1)OCCO2. The van der Waals surface area contributed by atoms with Gasteiger partial charge in [0.15, 0.2) is 5.79 Å². The van der Waals surface area contributed by atoms with Crippen LogP contribution in [-0.4, -0.2) is 36.8 Å². The number of alkyl halides is 1. The molecule has 1 heterocycles. The van der Waals surface area contributed by atoms with Gasteiger partial charge in [0, 0.05) is 18.9 Å². The smallest absolute Gasteiger partial charge is 0.239 e. The Morgan fingerprint density at radius 1 is 1.18 bits per heavy atom. The van der Waals surface area contributed by atoms with Gasteiger partial charge in [-0.2, -0.15) is 0 Å². The fourth-order valence-electron chi connectivity index (χ4n) is 3.11. The van der Waals surface area contributed by atoms with Crippen LogP contribution in [0.3, 0.4) is 0 Å². The van der Waals surface area contributed by atoms with Crippen molar-refractivity contribution in [2.24, 2.45) is 0 Å². The molecule has 5 nitrogen and oxygen atoms in total. The van der Waals surface area contributed by atoms with Crippen molar-refractivity contribution in [2.75, 3.05) is 29.7 Å². The Labute approximate surface area is 135 Å². The predicted octanol–water partition coefficient (Wildman–Crippen LogP) is 2.96. The summed E-state index contributed by atoms with van der Waals surface area (Å²) in [6, 6.07) is 8.04. The van der Waals surface area contributed by atoms with Gasteiger partial charge in [0.1, 0.15) is 5.88 Å². The van der Waals surface area contributed by atoms with Gasteiger partial charge in [-0.3, -0.25) is 4.79 Å². The minimum Gasteiger partial charge on any atom is -0.381 e. The summed E-state index contributed by atoms with van der Waals surface area (Å²) < 4.78 is 11.5. The van der Waals surface area contributed by atoms with Crippen molar-refractivity contribution in [1.29, 1.82) is 0 Å². The fraction of sp³-hybridized carbons (Fsp3) is 0.562. The van der Waals surface area contributed by atoms with Crippen molar-refractivity contribution in [1.82, 2.24) is 0 Å². The van der Waals surface area contributed by atoms with Crippen LogP contribution in [-0.2, 0) is 14.3 Å². The highest BCUT2D eigenvalue weighted by atomic mass is 35.5. The Bertz CT molecular complexity index is 522. The molecule has 1 aliphatic carbocycles. The van der Waals surface area contributed by atoms with Gasteiger partial charge < -0.3 is 20.1 Å². The van der Waals surface area contributed by atoms with Gasteiger partial charge in [-0.15, -0.1) is 11.6 Å². The number of ether oxygens (including phenoxy) is 2. The van der Waals surface area contributed by atoms with Crippen LogP contribution in [0.25, 0.3) is 0 Å². The fourth-order valence-corrected chi connectivity index (χ4v) is 3.18. The molecular formula is C16H21ClN2O3. The van der Waals surface area contributed by atoms with E-state index in [4.69, 9.17) is 21.1 Å². The summed E-state index contributed by atoms with van der Waals surface area (Å²) in [6.07, 6.45) is 3.78. The van der Waals surface area contributed by atoms with Gasteiger partial charge in [0.2, 0.25) is 5.91 Å². The number of halogens is 1. The molecule has 2 aliphatic rings. The third kappa shape index (κ3) is 3.54. The van der Waals surface area contributed by atoms with Crippen molar-refractivity contribution >= 4 is 28.9 Å². The number of para-hydroxylation sites is 2. The Balaban J connectivity index is 1.60. The number of benzene rings is 1. The molecule has 3 rings (SSSR count). The first-order valence-electron chi connectivity index (χ1n) is 7.70. The van der Waals surface area contributed by atoms with Crippen molar-refractivity contribution in [3.05, 3.63) is 24.3 Å². The van der Waals surface area contributed by atoms with Gasteiger partial charge in [0.25, 0.3) is 0 Å². The van der Waals surface area contributed by atoms with E-state index in [1.807, 2.05) is 24.3 Å². The zero-order chi connectivity index (χ0) is 15.4. The molecule has 1 aromatic carbocycles.